The fraction of sp³-hybridized carbons (Fsp3) is 0.125. The zero-order valence-corrected chi connectivity index (χ0v) is 30.9. The molecule has 1 fully saturated rings. The number of hydrogen-bond acceptors (Lipinski definition) is 4. The van der Waals surface area contributed by atoms with E-state index in [1.165, 1.54) is 0 Å². The molecule has 11 aromatic rings. The number of nitrogens with zero attached hydrogens (tertiary/aromatic N) is 2. The molecule has 0 aliphatic carbocycles. The van der Waals surface area contributed by atoms with E-state index in [1.807, 2.05) is 24.3 Å². The molecule has 0 radical (unpaired) electrons. The molecule has 12 rings (SSSR count). The predicted molar refractivity (Wildman–Crippen MR) is 225 cm³/mol. The van der Waals surface area contributed by atoms with Crippen LogP contribution in [0.1, 0.15) is 27.7 Å². The molecule has 7 aromatic carbocycles. The number of rotatable bonds is 3. The minimum Gasteiger partial charge on any atom is -0.455 e. The molecule has 0 atom stereocenters. The highest BCUT2D eigenvalue weighted by molar-refractivity contribution is 6.62. The van der Waals surface area contributed by atoms with Crippen molar-refractivity contribution in [2.45, 2.75) is 38.9 Å². The SMILES string of the molecule is CC1(C)OB(c2cc(-n3c4ccccc4c4c5oc6ccccc6c5ccc43)cc(-n3c4ccccc4c4c5oc6ccccc6c5ccc43)c2)OC1(C)C. The average Bonchev–Trinajstić information content (AvgIpc) is 3.97. The second-order valence-corrected chi connectivity index (χ2v) is 15.9. The van der Waals surface area contributed by atoms with Crippen LogP contribution in [0.25, 0.3) is 98.9 Å². The van der Waals surface area contributed by atoms with Crippen LogP contribution in [0.4, 0.5) is 0 Å². The van der Waals surface area contributed by atoms with Gasteiger partial charge in [-0.05, 0) is 99.9 Å². The van der Waals surface area contributed by atoms with Crippen LogP contribution in [0, 0.1) is 0 Å². The van der Waals surface area contributed by atoms with Crippen LogP contribution in [-0.2, 0) is 9.31 Å². The molecule has 0 saturated carbocycles. The second-order valence-electron chi connectivity index (χ2n) is 15.9. The largest absolute Gasteiger partial charge is 0.494 e. The molecule has 0 spiro atoms. The van der Waals surface area contributed by atoms with E-state index in [4.69, 9.17) is 18.1 Å². The van der Waals surface area contributed by atoms with Crippen molar-refractivity contribution in [3.05, 3.63) is 140 Å². The Balaban J connectivity index is 1.19. The number of hydrogen-bond donors (Lipinski definition) is 0. The number of fused-ring (bicyclic) bond motifs is 14. The Morgan fingerprint density at radius 1 is 0.418 bits per heavy atom. The van der Waals surface area contributed by atoms with Gasteiger partial charge in [-0.25, -0.2) is 0 Å². The van der Waals surface area contributed by atoms with Crippen molar-refractivity contribution >= 4 is 100 Å². The van der Waals surface area contributed by atoms with Crippen molar-refractivity contribution in [2.75, 3.05) is 0 Å². The standard InChI is InChI=1S/C48H35BN2O4/c1-47(2)48(3,4)55-49(54-47)28-25-29(50-37-17-9-5-15-35(37)43-39(50)23-21-33-31-13-7-11-19-41(31)52-45(33)43)27-30(26-28)51-38-18-10-6-16-36(38)44-40(51)24-22-34-32-14-8-12-20-42(32)53-46(34)44/h5-27H,1-4H3. The van der Waals surface area contributed by atoms with Gasteiger partial charge in [-0.2, -0.15) is 0 Å². The Hall–Kier alpha value is -6.28. The molecule has 0 N–H and O–H groups in total. The monoisotopic (exact) mass is 714 g/mol. The summed E-state index contributed by atoms with van der Waals surface area (Å²) in [4.78, 5) is 0. The third-order valence-corrected chi connectivity index (χ3v) is 12.3. The van der Waals surface area contributed by atoms with Gasteiger partial charge in [0, 0.05) is 43.7 Å². The number of furan rings is 2. The normalized spacial score (nSPS) is 15.7. The van der Waals surface area contributed by atoms with Crippen LogP contribution in [0.5, 0.6) is 0 Å². The van der Waals surface area contributed by atoms with E-state index < -0.39 is 18.3 Å². The van der Waals surface area contributed by atoms with Gasteiger partial charge in [0.1, 0.15) is 22.3 Å². The molecule has 0 unspecified atom stereocenters. The van der Waals surface area contributed by atoms with E-state index in [9.17, 15) is 0 Å². The van der Waals surface area contributed by atoms with Crippen LogP contribution in [0.3, 0.4) is 0 Å². The van der Waals surface area contributed by atoms with E-state index >= 15 is 0 Å². The third kappa shape index (κ3) is 4.17. The topological polar surface area (TPSA) is 54.6 Å². The van der Waals surface area contributed by atoms with E-state index in [0.29, 0.717) is 0 Å². The second kappa shape index (κ2) is 10.7. The van der Waals surface area contributed by atoms with Crippen molar-refractivity contribution < 1.29 is 18.1 Å². The summed E-state index contributed by atoms with van der Waals surface area (Å²) in [7, 11) is -0.575. The van der Waals surface area contributed by atoms with E-state index in [2.05, 4.69) is 152 Å². The molecule has 0 amide bonds. The molecular formula is C48H35BN2O4. The van der Waals surface area contributed by atoms with Gasteiger partial charge in [-0.1, -0.05) is 72.8 Å². The summed E-state index contributed by atoms with van der Waals surface area (Å²) < 4.78 is 31.5. The molecule has 0 bridgehead atoms. The Labute approximate surface area is 316 Å². The van der Waals surface area contributed by atoms with Gasteiger partial charge in [0.2, 0.25) is 0 Å². The fourth-order valence-electron chi connectivity index (χ4n) is 9.02. The quantitative estimate of drug-likeness (QED) is 0.171. The molecule has 264 valence electrons. The highest BCUT2D eigenvalue weighted by Crippen LogP contribution is 2.44. The number of benzene rings is 7. The highest BCUT2D eigenvalue weighted by atomic mass is 16.7. The Morgan fingerprint density at radius 3 is 1.31 bits per heavy atom. The first-order valence-electron chi connectivity index (χ1n) is 18.9. The Morgan fingerprint density at radius 2 is 0.836 bits per heavy atom. The summed E-state index contributed by atoms with van der Waals surface area (Å²) in [5.74, 6) is 0. The third-order valence-electron chi connectivity index (χ3n) is 12.3. The van der Waals surface area contributed by atoms with Crippen molar-refractivity contribution in [3.8, 4) is 11.4 Å². The maximum atomic E-state index is 6.76. The molecule has 5 heterocycles. The molecule has 6 nitrogen and oxygen atoms in total. The maximum Gasteiger partial charge on any atom is 0.494 e. The van der Waals surface area contributed by atoms with Crippen LogP contribution in [0.2, 0.25) is 0 Å². The van der Waals surface area contributed by atoms with Gasteiger partial charge in [-0.3, -0.25) is 0 Å². The first-order chi connectivity index (χ1) is 26.8. The smallest absolute Gasteiger partial charge is 0.455 e. The lowest BCUT2D eigenvalue weighted by Gasteiger charge is -2.32. The number of para-hydroxylation sites is 4. The lowest BCUT2D eigenvalue weighted by Crippen LogP contribution is -2.41. The summed E-state index contributed by atoms with van der Waals surface area (Å²) in [6, 6.07) is 49.4. The fourth-order valence-corrected chi connectivity index (χ4v) is 9.02. The maximum absolute atomic E-state index is 6.76. The van der Waals surface area contributed by atoms with E-state index in [1.54, 1.807) is 0 Å². The lowest BCUT2D eigenvalue weighted by molar-refractivity contribution is 0.00578. The van der Waals surface area contributed by atoms with Gasteiger partial charge in [-0.15, -0.1) is 0 Å². The minimum absolute atomic E-state index is 0.507. The summed E-state index contributed by atoms with van der Waals surface area (Å²) in [5.41, 5.74) is 9.81. The van der Waals surface area contributed by atoms with Crippen LogP contribution in [-0.4, -0.2) is 27.5 Å². The van der Waals surface area contributed by atoms with Gasteiger partial charge in [0.05, 0.1) is 44.0 Å². The number of aromatic nitrogens is 2. The zero-order valence-electron chi connectivity index (χ0n) is 30.9. The van der Waals surface area contributed by atoms with E-state index in [-0.39, 0.29) is 0 Å². The van der Waals surface area contributed by atoms with Crippen LogP contribution >= 0.6 is 0 Å². The van der Waals surface area contributed by atoms with Crippen molar-refractivity contribution in [3.63, 3.8) is 0 Å². The first kappa shape index (κ1) is 31.1. The van der Waals surface area contributed by atoms with Crippen molar-refractivity contribution in [1.82, 2.24) is 9.13 Å². The van der Waals surface area contributed by atoms with Crippen LogP contribution in [0.15, 0.2) is 148 Å². The Bertz CT molecular complexity index is 3190. The molecule has 55 heavy (non-hydrogen) atoms. The Kier molecular flexibility index (Phi) is 6.05. The van der Waals surface area contributed by atoms with Gasteiger partial charge in [0.15, 0.2) is 0 Å². The molecule has 4 aromatic heterocycles. The molecule has 1 aliphatic rings. The first-order valence-corrected chi connectivity index (χ1v) is 18.9. The molecule has 1 aliphatic heterocycles. The van der Waals surface area contributed by atoms with Gasteiger partial charge >= 0.3 is 7.12 Å². The predicted octanol–water partition coefficient (Wildman–Crippen LogP) is 12.0. The summed E-state index contributed by atoms with van der Waals surface area (Å²) in [6.07, 6.45) is 0. The molecule has 1 saturated heterocycles. The van der Waals surface area contributed by atoms with E-state index in [0.717, 1.165) is 104 Å². The highest BCUT2D eigenvalue weighted by Gasteiger charge is 2.52. The summed E-state index contributed by atoms with van der Waals surface area (Å²) in [5, 5.41) is 8.91. The molecule has 7 heteroatoms. The van der Waals surface area contributed by atoms with Crippen molar-refractivity contribution in [2.24, 2.45) is 0 Å². The lowest BCUT2D eigenvalue weighted by atomic mass is 9.78. The molecular weight excluding hydrogens is 679 g/mol. The van der Waals surface area contributed by atoms with Gasteiger partial charge in [0.25, 0.3) is 0 Å². The van der Waals surface area contributed by atoms with Crippen LogP contribution < -0.4 is 5.46 Å². The summed E-state index contributed by atoms with van der Waals surface area (Å²) >= 11 is 0. The zero-order chi connectivity index (χ0) is 36.8. The van der Waals surface area contributed by atoms with Crippen molar-refractivity contribution in [1.29, 1.82) is 0 Å². The summed E-state index contributed by atoms with van der Waals surface area (Å²) in [6.45, 7) is 8.42. The minimum atomic E-state index is -0.575. The average molecular weight is 715 g/mol. The van der Waals surface area contributed by atoms with Gasteiger partial charge < -0.3 is 27.3 Å².